The van der Waals surface area contributed by atoms with Gasteiger partial charge in [0.2, 0.25) is 0 Å². The molecule has 0 radical (unpaired) electrons. The van der Waals surface area contributed by atoms with Gasteiger partial charge in [0.15, 0.2) is 0 Å². The van der Waals surface area contributed by atoms with Crippen LogP contribution in [-0.4, -0.2) is 44.3 Å². The largest absolute Gasteiger partial charge is 0.367 e. The predicted octanol–water partition coefficient (Wildman–Crippen LogP) is 2.45. The van der Waals surface area contributed by atoms with E-state index in [0.29, 0.717) is 6.04 Å². The number of aromatic nitrogens is 3. The summed E-state index contributed by atoms with van der Waals surface area (Å²) in [5, 5.41) is 3.41. The Morgan fingerprint density at radius 1 is 1.21 bits per heavy atom. The summed E-state index contributed by atoms with van der Waals surface area (Å²) in [6.07, 6.45) is 8.98. The number of likely N-dealkylation sites (tertiary alicyclic amines) is 1. The van der Waals surface area contributed by atoms with Gasteiger partial charge in [-0.1, -0.05) is 6.07 Å². The second kappa shape index (κ2) is 6.31. The lowest BCUT2D eigenvalue weighted by molar-refractivity contribution is 0.0718. The molecule has 0 bridgehead atoms. The Balaban J connectivity index is 1.39. The number of rotatable bonds is 3. The van der Waals surface area contributed by atoms with Gasteiger partial charge in [0.05, 0.1) is 5.56 Å². The monoisotopic (exact) mass is 321 g/mol. The molecule has 1 fully saturated rings. The van der Waals surface area contributed by atoms with Gasteiger partial charge >= 0.3 is 0 Å². The molecule has 3 aromatic rings. The Hall–Kier alpha value is -2.89. The second-order valence-corrected chi connectivity index (χ2v) is 6.07. The lowest BCUT2D eigenvalue weighted by atomic mass is 10.0. The fourth-order valence-electron chi connectivity index (χ4n) is 3.17. The van der Waals surface area contributed by atoms with Gasteiger partial charge in [0.25, 0.3) is 5.91 Å². The first-order valence-corrected chi connectivity index (χ1v) is 8.18. The van der Waals surface area contributed by atoms with E-state index < -0.39 is 0 Å². The quantitative estimate of drug-likeness (QED) is 0.805. The van der Waals surface area contributed by atoms with Crippen molar-refractivity contribution in [2.24, 2.45) is 0 Å². The number of piperidine rings is 1. The van der Waals surface area contributed by atoms with Crippen molar-refractivity contribution < 1.29 is 4.79 Å². The van der Waals surface area contributed by atoms with Gasteiger partial charge in [-0.05, 0) is 37.1 Å². The Kier molecular flexibility index (Phi) is 3.86. The van der Waals surface area contributed by atoms with Crippen LogP contribution in [0.15, 0.2) is 55.2 Å². The molecule has 6 heteroatoms. The van der Waals surface area contributed by atoms with E-state index in [4.69, 9.17) is 0 Å². The maximum Gasteiger partial charge on any atom is 0.255 e. The average Bonchev–Trinajstić information content (AvgIpc) is 3.07. The summed E-state index contributed by atoms with van der Waals surface area (Å²) >= 11 is 0. The number of nitrogens with one attached hydrogen (secondary N) is 1. The van der Waals surface area contributed by atoms with Crippen LogP contribution in [-0.2, 0) is 0 Å². The van der Waals surface area contributed by atoms with E-state index in [1.807, 2.05) is 52.0 Å². The lowest BCUT2D eigenvalue weighted by Gasteiger charge is -2.32. The minimum Gasteiger partial charge on any atom is -0.367 e. The third kappa shape index (κ3) is 2.95. The molecule has 1 aliphatic rings. The van der Waals surface area contributed by atoms with Crippen LogP contribution in [0.3, 0.4) is 0 Å². The first-order valence-electron chi connectivity index (χ1n) is 8.18. The van der Waals surface area contributed by atoms with Crippen LogP contribution in [0.5, 0.6) is 0 Å². The van der Waals surface area contributed by atoms with Crippen molar-refractivity contribution in [3.63, 3.8) is 0 Å². The summed E-state index contributed by atoms with van der Waals surface area (Å²) in [5.74, 6) is 0.952. The molecule has 122 valence electrons. The number of fused-ring (bicyclic) bond motifs is 1. The summed E-state index contributed by atoms with van der Waals surface area (Å²) in [7, 11) is 0. The minimum absolute atomic E-state index is 0.110. The van der Waals surface area contributed by atoms with Gasteiger partial charge in [0.1, 0.15) is 12.1 Å². The van der Waals surface area contributed by atoms with Crippen LogP contribution >= 0.6 is 0 Å². The zero-order valence-corrected chi connectivity index (χ0v) is 13.3. The van der Waals surface area contributed by atoms with Crippen LogP contribution in [0.1, 0.15) is 23.2 Å². The minimum atomic E-state index is 0.110. The van der Waals surface area contributed by atoms with Gasteiger partial charge in [0, 0.05) is 43.2 Å². The first-order chi connectivity index (χ1) is 11.8. The molecule has 3 aromatic heterocycles. The normalized spacial score (nSPS) is 15.6. The molecule has 1 aliphatic heterocycles. The van der Waals surface area contributed by atoms with Crippen molar-refractivity contribution >= 4 is 17.2 Å². The van der Waals surface area contributed by atoms with E-state index in [-0.39, 0.29) is 5.91 Å². The summed E-state index contributed by atoms with van der Waals surface area (Å²) in [4.78, 5) is 22.8. The summed E-state index contributed by atoms with van der Waals surface area (Å²) < 4.78 is 1.98. The molecule has 1 N–H and O–H groups in total. The number of anilines is 1. The first kappa shape index (κ1) is 14.7. The number of nitrogens with zero attached hydrogens (tertiary/aromatic N) is 4. The smallest absolute Gasteiger partial charge is 0.255 e. The van der Waals surface area contributed by atoms with Gasteiger partial charge in [-0.15, -0.1) is 0 Å². The number of hydrogen-bond donors (Lipinski definition) is 1. The maximum absolute atomic E-state index is 12.7. The molecule has 4 rings (SSSR count). The summed E-state index contributed by atoms with van der Waals surface area (Å²) in [5.41, 5.74) is 1.80. The molecular weight excluding hydrogens is 302 g/mol. The molecule has 1 saturated heterocycles. The van der Waals surface area contributed by atoms with Crippen LogP contribution < -0.4 is 5.32 Å². The van der Waals surface area contributed by atoms with Gasteiger partial charge in [-0.2, -0.15) is 0 Å². The average molecular weight is 321 g/mol. The number of pyridine rings is 1. The van der Waals surface area contributed by atoms with Crippen molar-refractivity contribution in [1.82, 2.24) is 19.3 Å². The molecule has 0 spiro atoms. The van der Waals surface area contributed by atoms with Crippen molar-refractivity contribution in [1.29, 1.82) is 0 Å². The number of carbonyl (C=O) groups excluding carboxylic acids is 1. The van der Waals surface area contributed by atoms with Gasteiger partial charge in [-0.25, -0.2) is 9.97 Å². The third-order valence-corrected chi connectivity index (χ3v) is 4.47. The highest BCUT2D eigenvalue weighted by atomic mass is 16.2. The predicted molar refractivity (Wildman–Crippen MR) is 92.0 cm³/mol. The fraction of sp³-hybridized carbons (Fsp3) is 0.278. The Morgan fingerprint density at radius 2 is 2.08 bits per heavy atom. The van der Waals surface area contributed by atoms with Crippen molar-refractivity contribution in [2.75, 3.05) is 18.4 Å². The summed E-state index contributed by atoms with van der Waals surface area (Å²) in [6.45, 7) is 1.52. The number of amides is 1. The van der Waals surface area contributed by atoms with Gasteiger partial charge < -0.3 is 14.6 Å². The van der Waals surface area contributed by atoms with E-state index in [9.17, 15) is 4.79 Å². The zero-order valence-electron chi connectivity index (χ0n) is 13.3. The van der Waals surface area contributed by atoms with Crippen LogP contribution in [0.2, 0.25) is 0 Å². The van der Waals surface area contributed by atoms with Gasteiger partial charge in [-0.3, -0.25) is 4.79 Å². The van der Waals surface area contributed by atoms with E-state index in [0.717, 1.165) is 42.8 Å². The molecule has 6 nitrogen and oxygen atoms in total. The maximum atomic E-state index is 12.7. The van der Waals surface area contributed by atoms with Crippen molar-refractivity contribution in [2.45, 2.75) is 18.9 Å². The highest BCUT2D eigenvalue weighted by Crippen LogP contribution is 2.18. The zero-order chi connectivity index (χ0) is 16.4. The topological polar surface area (TPSA) is 62.5 Å². The Morgan fingerprint density at radius 3 is 2.83 bits per heavy atom. The SMILES string of the molecule is O=C(c1cc2ccccn2c1)N1CCC(Nc2ccncn2)CC1. The van der Waals surface area contributed by atoms with Crippen molar-refractivity contribution in [3.8, 4) is 0 Å². The molecule has 0 unspecified atom stereocenters. The Bertz CT molecular complexity index is 804. The van der Waals surface area contributed by atoms with Crippen LogP contribution in [0.4, 0.5) is 5.82 Å². The molecule has 0 aromatic carbocycles. The molecular formula is C18H19N5O. The second-order valence-electron chi connectivity index (χ2n) is 6.07. The molecule has 4 heterocycles. The Labute approximate surface area is 140 Å². The molecule has 1 amide bonds. The van der Waals surface area contributed by atoms with E-state index >= 15 is 0 Å². The standard InChI is InChI=1S/C18H19N5O/c24-18(14-11-16-3-1-2-8-23(16)12-14)22-9-5-15(6-10-22)21-17-4-7-19-13-20-17/h1-4,7-8,11-13,15H,5-6,9-10H2,(H,19,20,21). The van der Waals surface area contributed by atoms with Crippen LogP contribution in [0, 0.1) is 0 Å². The molecule has 24 heavy (non-hydrogen) atoms. The number of carbonyl (C=O) groups is 1. The highest BCUT2D eigenvalue weighted by molar-refractivity contribution is 5.95. The highest BCUT2D eigenvalue weighted by Gasteiger charge is 2.24. The van der Waals surface area contributed by atoms with Crippen LogP contribution in [0.25, 0.3) is 5.52 Å². The third-order valence-electron chi connectivity index (χ3n) is 4.47. The van der Waals surface area contributed by atoms with E-state index in [1.54, 1.807) is 12.5 Å². The molecule has 0 saturated carbocycles. The fourth-order valence-corrected chi connectivity index (χ4v) is 3.17. The van der Waals surface area contributed by atoms with E-state index in [2.05, 4.69) is 15.3 Å². The molecule has 0 aliphatic carbocycles. The lowest BCUT2D eigenvalue weighted by Crippen LogP contribution is -2.42. The number of hydrogen-bond acceptors (Lipinski definition) is 4. The summed E-state index contributed by atoms with van der Waals surface area (Å²) in [6, 6.07) is 10.1. The van der Waals surface area contributed by atoms with E-state index in [1.165, 1.54) is 0 Å². The molecule has 0 atom stereocenters. The van der Waals surface area contributed by atoms with Crippen molar-refractivity contribution in [3.05, 3.63) is 60.8 Å².